The van der Waals surface area contributed by atoms with Crippen LogP contribution in [0.15, 0.2) is 6.20 Å². The van der Waals surface area contributed by atoms with Gasteiger partial charge in [-0.05, 0) is 0 Å². The van der Waals surface area contributed by atoms with E-state index in [1.807, 2.05) is 0 Å². The van der Waals surface area contributed by atoms with Crippen LogP contribution in [-0.2, 0) is 11.8 Å². The summed E-state index contributed by atoms with van der Waals surface area (Å²) in [6.07, 6.45) is 0.879. The molecule has 0 spiro atoms. The van der Waals surface area contributed by atoms with Gasteiger partial charge in [-0.1, -0.05) is 5.21 Å². The van der Waals surface area contributed by atoms with E-state index >= 15 is 0 Å². The van der Waals surface area contributed by atoms with Gasteiger partial charge in [0.25, 0.3) is 0 Å². The highest BCUT2D eigenvalue weighted by atomic mass is 16.5. The summed E-state index contributed by atoms with van der Waals surface area (Å²) in [7, 11) is 3.26. The highest BCUT2D eigenvalue weighted by molar-refractivity contribution is 4.97. The molecule has 1 N–H and O–H groups in total. The minimum atomic E-state index is -0.639. The second-order valence-corrected chi connectivity index (χ2v) is 2.25. The fraction of sp³-hybridized carbons (Fsp3) is 0.667. The van der Waals surface area contributed by atoms with Gasteiger partial charge in [-0.2, -0.15) is 0 Å². The molecule has 62 valence electrons. The number of hydrogen-bond acceptors (Lipinski definition) is 4. The number of aryl methyl sites for hydroxylation is 1. The minimum absolute atomic E-state index is 0.265. The molecule has 1 atom stereocenters. The van der Waals surface area contributed by atoms with Crippen molar-refractivity contribution in [3.63, 3.8) is 0 Å². The molecular formula is C6H11N3O2. The zero-order valence-electron chi connectivity index (χ0n) is 6.56. The van der Waals surface area contributed by atoms with Crippen molar-refractivity contribution in [1.82, 2.24) is 15.0 Å². The second-order valence-electron chi connectivity index (χ2n) is 2.25. The lowest BCUT2D eigenvalue weighted by molar-refractivity contribution is 0.0593. The minimum Gasteiger partial charge on any atom is -0.384 e. The molecule has 5 nitrogen and oxygen atoms in total. The van der Waals surface area contributed by atoms with Gasteiger partial charge in [-0.3, -0.25) is 0 Å². The first kappa shape index (κ1) is 8.16. The third-order valence-electron chi connectivity index (χ3n) is 1.42. The smallest absolute Gasteiger partial charge is 0.120 e. The van der Waals surface area contributed by atoms with Gasteiger partial charge in [0.15, 0.2) is 0 Å². The third kappa shape index (κ3) is 1.75. The standard InChI is InChI=1S/C6H11N3O2/c1-9-5(3-7-8-9)6(10)4-11-2/h3,6,10H,4H2,1-2H3. The van der Waals surface area contributed by atoms with E-state index in [1.54, 1.807) is 7.05 Å². The highest BCUT2D eigenvalue weighted by Crippen LogP contribution is 2.08. The van der Waals surface area contributed by atoms with Crippen LogP contribution in [0.2, 0.25) is 0 Å². The van der Waals surface area contributed by atoms with Crippen molar-refractivity contribution in [2.45, 2.75) is 6.10 Å². The quantitative estimate of drug-likeness (QED) is 0.642. The molecule has 0 amide bonds. The Hall–Kier alpha value is -0.940. The molecule has 1 rings (SSSR count). The molecule has 0 aliphatic heterocycles. The van der Waals surface area contributed by atoms with E-state index in [9.17, 15) is 5.11 Å². The Kier molecular flexibility index (Phi) is 2.56. The lowest BCUT2D eigenvalue weighted by atomic mass is 10.3. The van der Waals surface area contributed by atoms with Crippen LogP contribution < -0.4 is 0 Å². The molecular weight excluding hydrogens is 146 g/mol. The van der Waals surface area contributed by atoms with Gasteiger partial charge in [0.05, 0.1) is 18.5 Å². The number of aromatic nitrogens is 3. The summed E-state index contributed by atoms with van der Waals surface area (Å²) in [5.74, 6) is 0. The van der Waals surface area contributed by atoms with Gasteiger partial charge in [0, 0.05) is 14.2 Å². The van der Waals surface area contributed by atoms with Crippen LogP contribution in [0.1, 0.15) is 11.8 Å². The predicted octanol–water partition coefficient (Wildman–Crippen LogP) is -0.505. The first-order valence-corrected chi connectivity index (χ1v) is 3.27. The van der Waals surface area contributed by atoms with Crippen LogP contribution in [0.25, 0.3) is 0 Å². The molecule has 0 aliphatic carbocycles. The van der Waals surface area contributed by atoms with E-state index < -0.39 is 6.10 Å². The molecule has 0 bridgehead atoms. The molecule has 1 unspecified atom stereocenters. The second kappa shape index (κ2) is 3.45. The molecule has 0 saturated heterocycles. The molecule has 1 heterocycles. The Labute approximate surface area is 64.6 Å². The fourth-order valence-corrected chi connectivity index (χ4v) is 0.843. The fourth-order valence-electron chi connectivity index (χ4n) is 0.843. The summed E-state index contributed by atoms with van der Waals surface area (Å²) in [6.45, 7) is 0.265. The van der Waals surface area contributed by atoms with Crippen LogP contribution >= 0.6 is 0 Å². The van der Waals surface area contributed by atoms with Crippen molar-refractivity contribution >= 4 is 0 Å². The maximum Gasteiger partial charge on any atom is 0.120 e. The van der Waals surface area contributed by atoms with Gasteiger partial charge in [0.1, 0.15) is 6.10 Å². The van der Waals surface area contributed by atoms with E-state index in [-0.39, 0.29) is 6.61 Å². The summed E-state index contributed by atoms with van der Waals surface area (Å²) < 4.78 is 6.28. The lowest BCUT2D eigenvalue weighted by Gasteiger charge is -2.07. The monoisotopic (exact) mass is 157 g/mol. The Bertz CT molecular complexity index is 223. The maximum absolute atomic E-state index is 9.36. The largest absolute Gasteiger partial charge is 0.384 e. The molecule has 1 aromatic heterocycles. The van der Waals surface area contributed by atoms with Crippen molar-refractivity contribution in [1.29, 1.82) is 0 Å². The zero-order chi connectivity index (χ0) is 8.27. The number of hydrogen-bond donors (Lipinski definition) is 1. The average molecular weight is 157 g/mol. The highest BCUT2D eigenvalue weighted by Gasteiger charge is 2.10. The van der Waals surface area contributed by atoms with Crippen LogP contribution in [0.4, 0.5) is 0 Å². The summed E-state index contributed by atoms with van der Waals surface area (Å²) in [5, 5.41) is 16.7. The van der Waals surface area contributed by atoms with Gasteiger partial charge in [-0.15, -0.1) is 5.10 Å². The molecule has 5 heteroatoms. The number of aliphatic hydroxyl groups is 1. The van der Waals surface area contributed by atoms with Crippen molar-refractivity contribution < 1.29 is 9.84 Å². The third-order valence-corrected chi connectivity index (χ3v) is 1.42. The van der Waals surface area contributed by atoms with E-state index in [2.05, 4.69) is 10.3 Å². The number of rotatable bonds is 3. The normalized spacial score (nSPS) is 13.4. The average Bonchev–Trinajstić information content (AvgIpc) is 2.36. The van der Waals surface area contributed by atoms with Crippen molar-refractivity contribution in [3.8, 4) is 0 Å². The van der Waals surface area contributed by atoms with Gasteiger partial charge in [-0.25, -0.2) is 4.68 Å². The summed E-state index contributed by atoms with van der Waals surface area (Å²) >= 11 is 0. The van der Waals surface area contributed by atoms with Crippen LogP contribution in [-0.4, -0.2) is 33.8 Å². The van der Waals surface area contributed by atoms with Gasteiger partial charge < -0.3 is 9.84 Å². The molecule has 1 aromatic rings. The van der Waals surface area contributed by atoms with E-state index in [0.717, 1.165) is 0 Å². The SMILES string of the molecule is COCC(O)c1cnnn1C. The van der Waals surface area contributed by atoms with Crippen molar-refractivity contribution in [2.75, 3.05) is 13.7 Å². The summed E-state index contributed by atoms with van der Waals surface area (Å²) in [4.78, 5) is 0. The molecule has 0 radical (unpaired) electrons. The van der Waals surface area contributed by atoms with Crippen LogP contribution in [0.5, 0.6) is 0 Å². The van der Waals surface area contributed by atoms with Crippen LogP contribution in [0.3, 0.4) is 0 Å². The summed E-state index contributed by atoms with van der Waals surface area (Å²) in [5.41, 5.74) is 0.659. The van der Waals surface area contributed by atoms with Crippen LogP contribution in [0, 0.1) is 0 Å². The Morgan fingerprint density at radius 1 is 1.82 bits per heavy atom. The van der Waals surface area contributed by atoms with E-state index in [1.165, 1.54) is 18.0 Å². The number of methoxy groups -OCH3 is 1. The lowest BCUT2D eigenvalue weighted by Crippen LogP contribution is -2.10. The first-order valence-electron chi connectivity index (χ1n) is 3.27. The Morgan fingerprint density at radius 2 is 2.55 bits per heavy atom. The molecule has 11 heavy (non-hydrogen) atoms. The van der Waals surface area contributed by atoms with E-state index in [0.29, 0.717) is 5.69 Å². The topological polar surface area (TPSA) is 60.2 Å². The summed E-state index contributed by atoms with van der Waals surface area (Å²) in [6, 6.07) is 0. The van der Waals surface area contributed by atoms with Gasteiger partial charge >= 0.3 is 0 Å². The Balaban J connectivity index is 2.67. The number of aliphatic hydroxyl groups excluding tert-OH is 1. The van der Waals surface area contributed by atoms with E-state index in [4.69, 9.17) is 4.74 Å². The van der Waals surface area contributed by atoms with Crippen molar-refractivity contribution in [2.24, 2.45) is 7.05 Å². The zero-order valence-corrected chi connectivity index (χ0v) is 6.56. The maximum atomic E-state index is 9.36. The predicted molar refractivity (Wildman–Crippen MR) is 37.8 cm³/mol. The molecule has 0 aliphatic rings. The number of nitrogens with zero attached hydrogens (tertiary/aromatic N) is 3. The molecule has 0 aromatic carbocycles. The van der Waals surface area contributed by atoms with Crippen molar-refractivity contribution in [3.05, 3.63) is 11.9 Å². The van der Waals surface area contributed by atoms with Gasteiger partial charge in [0.2, 0.25) is 0 Å². The number of ether oxygens (including phenoxy) is 1. The first-order chi connectivity index (χ1) is 5.25. The Morgan fingerprint density at radius 3 is 3.00 bits per heavy atom. The molecule has 0 fully saturated rings. The molecule has 0 saturated carbocycles.